The van der Waals surface area contributed by atoms with Gasteiger partial charge in [-0.2, -0.15) is 0 Å². The third-order valence-electron chi connectivity index (χ3n) is 3.53. The lowest BCUT2D eigenvalue weighted by atomic mass is 10.1. The number of nitrogen functional groups attached to an aromatic ring is 1. The molecule has 0 saturated heterocycles. The molecule has 22 heavy (non-hydrogen) atoms. The number of nitrogens with one attached hydrogen (secondary N) is 1. The van der Waals surface area contributed by atoms with E-state index in [1.54, 1.807) is 29.2 Å². The second-order valence-electron chi connectivity index (χ2n) is 5.07. The standard InChI is InChI=1S/C15H14Cl2N4O/c16-11-3-2-10(7-12(11)17)19-15(22)21-6-5-13-9(8-21)1-4-14(18)20-13/h1-4,7H,5-6,8H2,(H2,18,20)(H,19,22). The highest BCUT2D eigenvalue weighted by Crippen LogP contribution is 2.25. The smallest absolute Gasteiger partial charge is 0.322 e. The Morgan fingerprint density at radius 1 is 1.23 bits per heavy atom. The lowest BCUT2D eigenvalue weighted by Crippen LogP contribution is -2.39. The van der Waals surface area contributed by atoms with Crippen LogP contribution < -0.4 is 11.1 Å². The van der Waals surface area contributed by atoms with Gasteiger partial charge >= 0.3 is 6.03 Å². The molecule has 114 valence electrons. The monoisotopic (exact) mass is 336 g/mol. The van der Waals surface area contributed by atoms with Gasteiger partial charge in [-0.25, -0.2) is 9.78 Å². The highest BCUT2D eigenvalue weighted by Gasteiger charge is 2.21. The average molecular weight is 337 g/mol. The zero-order valence-electron chi connectivity index (χ0n) is 11.6. The van der Waals surface area contributed by atoms with E-state index < -0.39 is 0 Å². The van der Waals surface area contributed by atoms with Crippen molar-refractivity contribution in [3.8, 4) is 0 Å². The van der Waals surface area contributed by atoms with Gasteiger partial charge in [0.05, 0.1) is 10.0 Å². The molecule has 0 spiro atoms. The van der Waals surface area contributed by atoms with Crippen LogP contribution in [0.15, 0.2) is 30.3 Å². The zero-order valence-corrected chi connectivity index (χ0v) is 13.2. The summed E-state index contributed by atoms with van der Waals surface area (Å²) in [5.41, 5.74) is 8.26. The quantitative estimate of drug-likeness (QED) is 0.836. The number of amides is 2. The van der Waals surface area contributed by atoms with Gasteiger partial charge < -0.3 is 16.0 Å². The molecule has 3 rings (SSSR count). The number of fused-ring (bicyclic) bond motifs is 1. The molecule has 2 aromatic rings. The first-order chi connectivity index (χ1) is 10.5. The maximum Gasteiger partial charge on any atom is 0.322 e. The average Bonchev–Trinajstić information content (AvgIpc) is 2.50. The molecular formula is C15H14Cl2N4O. The Kier molecular flexibility index (Phi) is 4.09. The Bertz CT molecular complexity index is 735. The Balaban J connectivity index is 1.71. The predicted molar refractivity (Wildman–Crippen MR) is 88.2 cm³/mol. The topological polar surface area (TPSA) is 71.2 Å². The van der Waals surface area contributed by atoms with Crippen LogP contribution in [0.5, 0.6) is 0 Å². The van der Waals surface area contributed by atoms with E-state index in [-0.39, 0.29) is 6.03 Å². The summed E-state index contributed by atoms with van der Waals surface area (Å²) in [4.78, 5) is 18.4. The van der Waals surface area contributed by atoms with Gasteiger partial charge in [0, 0.05) is 30.9 Å². The fourth-order valence-electron chi connectivity index (χ4n) is 2.38. The summed E-state index contributed by atoms with van der Waals surface area (Å²) in [5.74, 6) is 0.507. The van der Waals surface area contributed by atoms with Crippen LogP contribution in [-0.4, -0.2) is 22.5 Å². The highest BCUT2D eigenvalue weighted by atomic mass is 35.5. The van der Waals surface area contributed by atoms with Gasteiger partial charge in [-0.15, -0.1) is 0 Å². The molecule has 1 aliphatic rings. The van der Waals surface area contributed by atoms with Crippen LogP contribution in [0.2, 0.25) is 10.0 Å². The molecule has 2 amide bonds. The molecule has 0 radical (unpaired) electrons. The van der Waals surface area contributed by atoms with Crippen LogP contribution in [0, 0.1) is 0 Å². The van der Waals surface area contributed by atoms with Crippen LogP contribution in [0.25, 0.3) is 0 Å². The SMILES string of the molecule is Nc1ccc2c(n1)CCN(C(=O)Nc1ccc(Cl)c(Cl)c1)C2. The van der Waals surface area contributed by atoms with Crippen LogP contribution in [0.4, 0.5) is 16.3 Å². The maximum absolute atomic E-state index is 12.3. The molecule has 0 bridgehead atoms. The minimum atomic E-state index is -0.180. The van der Waals surface area contributed by atoms with Gasteiger partial charge in [0.2, 0.25) is 0 Å². The fraction of sp³-hybridized carbons (Fsp3) is 0.200. The van der Waals surface area contributed by atoms with Crippen molar-refractivity contribution in [2.24, 2.45) is 0 Å². The summed E-state index contributed by atoms with van der Waals surface area (Å²) < 4.78 is 0. The van der Waals surface area contributed by atoms with E-state index in [2.05, 4.69) is 10.3 Å². The molecule has 1 aromatic heterocycles. The Morgan fingerprint density at radius 3 is 2.82 bits per heavy atom. The van der Waals surface area contributed by atoms with Crippen molar-refractivity contribution in [3.05, 3.63) is 51.6 Å². The fourth-order valence-corrected chi connectivity index (χ4v) is 2.68. The minimum Gasteiger partial charge on any atom is -0.384 e. The second kappa shape index (κ2) is 6.02. The number of carbonyl (C=O) groups is 1. The van der Waals surface area contributed by atoms with Crippen molar-refractivity contribution in [3.63, 3.8) is 0 Å². The number of anilines is 2. The van der Waals surface area contributed by atoms with Crippen LogP contribution in [-0.2, 0) is 13.0 Å². The summed E-state index contributed by atoms with van der Waals surface area (Å²) in [5, 5.41) is 3.68. The van der Waals surface area contributed by atoms with E-state index in [4.69, 9.17) is 28.9 Å². The molecule has 7 heteroatoms. The summed E-state index contributed by atoms with van der Waals surface area (Å²) >= 11 is 11.8. The van der Waals surface area contributed by atoms with E-state index >= 15 is 0 Å². The third-order valence-corrected chi connectivity index (χ3v) is 4.27. The van der Waals surface area contributed by atoms with Crippen molar-refractivity contribution in [2.45, 2.75) is 13.0 Å². The molecule has 1 aliphatic heterocycles. The van der Waals surface area contributed by atoms with Gasteiger partial charge in [-0.3, -0.25) is 0 Å². The van der Waals surface area contributed by atoms with Crippen molar-refractivity contribution in [1.82, 2.24) is 9.88 Å². The number of benzene rings is 1. The van der Waals surface area contributed by atoms with Gasteiger partial charge in [0.25, 0.3) is 0 Å². The first-order valence-electron chi connectivity index (χ1n) is 6.78. The lowest BCUT2D eigenvalue weighted by molar-refractivity contribution is 0.206. The molecule has 1 aromatic carbocycles. The maximum atomic E-state index is 12.3. The second-order valence-corrected chi connectivity index (χ2v) is 5.89. The number of hydrogen-bond acceptors (Lipinski definition) is 3. The molecule has 0 aliphatic carbocycles. The van der Waals surface area contributed by atoms with Crippen molar-refractivity contribution in [1.29, 1.82) is 0 Å². The first-order valence-corrected chi connectivity index (χ1v) is 7.54. The zero-order chi connectivity index (χ0) is 15.7. The number of rotatable bonds is 1. The Morgan fingerprint density at radius 2 is 2.05 bits per heavy atom. The Labute approximate surface area is 138 Å². The third kappa shape index (κ3) is 3.10. The van der Waals surface area contributed by atoms with E-state index in [0.29, 0.717) is 41.1 Å². The normalized spacial score (nSPS) is 13.6. The molecule has 0 atom stereocenters. The number of pyridine rings is 1. The molecule has 0 unspecified atom stereocenters. The molecular weight excluding hydrogens is 323 g/mol. The van der Waals surface area contributed by atoms with Gasteiger partial charge in [0.15, 0.2) is 0 Å². The molecule has 3 N–H and O–H groups in total. The van der Waals surface area contributed by atoms with Crippen LogP contribution in [0.1, 0.15) is 11.3 Å². The summed E-state index contributed by atoms with van der Waals surface area (Å²) in [6.45, 7) is 1.10. The van der Waals surface area contributed by atoms with E-state index in [0.717, 1.165) is 11.3 Å². The van der Waals surface area contributed by atoms with Gasteiger partial charge in [0.1, 0.15) is 5.82 Å². The van der Waals surface area contributed by atoms with E-state index in [1.165, 1.54) is 0 Å². The van der Waals surface area contributed by atoms with Crippen molar-refractivity contribution >= 4 is 40.7 Å². The number of urea groups is 1. The lowest BCUT2D eigenvalue weighted by Gasteiger charge is -2.28. The molecule has 0 fully saturated rings. The molecule has 5 nitrogen and oxygen atoms in total. The van der Waals surface area contributed by atoms with Crippen LogP contribution >= 0.6 is 23.2 Å². The first kappa shape index (κ1) is 14.9. The molecule has 2 heterocycles. The summed E-state index contributed by atoms with van der Waals surface area (Å²) in [6, 6.07) is 8.47. The minimum absolute atomic E-state index is 0.180. The number of carbonyl (C=O) groups excluding carboxylic acids is 1. The van der Waals surface area contributed by atoms with Crippen LogP contribution in [0.3, 0.4) is 0 Å². The summed E-state index contributed by atoms with van der Waals surface area (Å²) in [6.07, 6.45) is 0.690. The number of halogens is 2. The number of nitrogens with zero attached hydrogens (tertiary/aromatic N) is 2. The predicted octanol–water partition coefficient (Wildman–Crippen LogP) is 3.56. The van der Waals surface area contributed by atoms with Crippen molar-refractivity contribution < 1.29 is 4.79 Å². The van der Waals surface area contributed by atoms with Gasteiger partial charge in [-0.1, -0.05) is 29.3 Å². The van der Waals surface area contributed by atoms with E-state index in [9.17, 15) is 4.79 Å². The number of nitrogens with two attached hydrogens (primary N) is 1. The largest absolute Gasteiger partial charge is 0.384 e. The Hall–Kier alpha value is -1.98. The molecule has 0 saturated carbocycles. The van der Waals surface area contributed by atoms with E-state index in [1.807, 2.05) is 6.07 Å². The van der Waals surface area contributed by atoms with Crippen molar-refractivity contribution in [2.75, 3.05) is 17.6 Å². The van der Waals surface area contributed by atoms with Gasteiger partial charge in [-0.05, 0) is 29.8 Å². The summed E-state index contributed by atoms with van der Waals surface area (Å²) in [7, 11) is 0. The number of hydrogen-bond donors (Lipinski definition) is 2. The highest BCUT2D eigenvalue weighted by molar-refractivity contribution is 6.42. The number of aromatic nitrogens is 1.